The van der Waals surface area contributed by atoms with Gasteiger partial charge in [-0.25, -0.2) is 13.1 Å². The number of hydrogen-bond acceptors (Lipinski definition) is 4. The number of nitrogens with zero attached hydrogens (tertiary/aromatic N) is 4. The molecule has 0 bridgehead atoms. The topological polar surface area (TPSA) is 91.6 Å². The standard InChI is InChI=1S/C16H32N6O2S.HI/c1-7-17-16(18-9-10-19-25(23,24)8-2)21(5)11-14-12-22(6)20-15(14)13(3)4;/h12-13,19H,7-11H2,1-6H3,(H,17,18);1H. The first-order valence-electron chi connectivity index (χ1n) is 8.69. The summed E-state index contributed by atoms with van der Waals surface area (Å²) in [7, 11) is 0.717. The van der Waals surface area contributed by atoms with E-state index in [-0.39, 0.29) is 29.7 Å². The van der Waals surface area contributed by atoms with Crippen LogP contribution in [0.4, 0.5) is 0 Å². The molecule has 0 aliphatic heterocycles. The van der Waals surface area contributed by atoms with Gasteiger partial charge in [-0.05, 0) is 19.8 Å². The quantitative estimate of drug-likeness (QED) is 0.232. The van der Waals surface area contributed by atoms with Crippen LogP contribution in [0.25, 0.3) is 0 Å². The third-order valence-electron chi connectivity index (χ3n) is 3.66. The number of aryl methyl sites for hydroxylation is 1. The van der Waals surface area contributed by atoms with Crippen molar-refractivity contribution in [1.29, 1.82) is 0 Å². The highest BCUT2D eigenvalue weighted by Crippen LogP contribution is 2.18. The Morgan fingerprint density at radius 1 is 1.38 bits per heavy atom. The molecule has 1 heterocycles. The zero-order valence-electron chi connectivity index (χ0n) is 16.6. The summed E-state index contributed by atoms with van der Waals surface area (Å²) in [6.07, 6.45) is 2.03. The highest BCUT2D eigenvalue weighted by Gasteiger charge is 2.15. The van der Waals surface area contributed by atoms with Gasteiger partial charge in [0.1, 0.15) is 0 Å². The maximum atomic E-state index is 11.5. The summed E-state index contributed by atoms with van der Waals surface area (Å²) >= 11 is 0. The lowest BCUT2D eigenvalue weighted by atomic mass is 10.1. The fourth-order valence-electron chi connectivity index (χ4n) is 2.43. The molecule has 0 atom stereocenters. The van der Waals surface area contributed by atoms with E-state index in [1.165, 1.54) is 0 Å². The van der Waals surface area contributed by atoms with Crippen molar-refractivity contribution in [1.82, 2.24) is 24.7 Å². The van der Waals surface area contributed by atoms with Crippen LogP contribution in [0.3, 0.4) is 0 Å². The van der Waals surface area contributed by atoms with Gasteiger partial charge >= 0.3 is 0 Å². The van der Waals surface area contributed by atoms with E-state index in [0.717, 1.165) is 23.8 Å². The van der Waals surface area contributed by atoms with Crippen LogP contribution >= 0.6 is 24.0 Å². The van der Waals surface area contributed by atoms with Gasteiger partial charge in [0.15, 0.2) is 5.96 Å². The van der Waals surface area contributed by atoms with Crippen molar-refractivity contribution >= 4 is 40.0 Å². The molecule has 0 aliphatic carbocycles. The Bertz CT molecular complexity index is 672. The van der Waals surface area contributed by atoms with E-state index in [9.17, 15) is 8.42 Å². The molecule has 0 aromatic carbocycles. The molecule has 152 valence electrons. The molecule has 0 spiro atoms. The predicted molar refractivity (Wildman–Crippen MR) is 118 cm³/mol. The molecule has 1 aromatic heterocycles. The van der Waals surface area contributed by atoms with Gasteiger partial charge in [-0.3, -0.25) is 9.67 Å². The highest BCUT2D eigenvalue weighted by molar-refractivity contribution is 14.0. The molecule has 8 nitrogen and oxygen atoms in total. The van der Waals surface area contributed by atoms with Crippen LogP contribution in [-0.4, -0.2) is 61.5 Å². The summed E-state index contributed by atoms with van der Waals surface area (Å²) in [6.45, 7) is 9.99. The number of halogens is 1. The van der Waals surface area contributed by atoms with Crippen LogP contribution in [0.15, 0.2) is 11.2 Å². The fourth-order valence-corrected chi connectivity index (χ4v) is 3.03. The van der Waals surface area contributed by atoms with Crippen molar-refractivity contribution in [3.05, 3.63) is 17.5 Å². The minimum atomic E-state index is -3.18. The number of rotatable bonds is 9. The molecule has 0 radical (unpaired) electrons. The molecule has 0 fully saturated rings. The van der Waals surface area contributed by atoms with Crippen LogP contribution in [0, 0.1) is 0 Å². The van der Waals surface area contributed by atoms with E-state index in [1.54, 1.807) is 6.92 Å². The van der Waals surface area contributed by atoms with Crippen LogP contribution < -0.4 is 10.0 Å². The molecule has 0 amide bonds. The number of nitrogens with one attached hydrogen (secondary N) is 2. The van der Waals surface area contributed by atoms with E-state index >= 15 is 0 Å². The second-order valence-corrected chi connectivity index (χ2v) is 8.35. The Labute approximate surface area is 174 Å². The maximum absolute atomic E-state index is 11.5. The monoisotopic (exact) mass is 500 g/mol. The largest absolute Gasteiger partial charge is 0.357 e. The van der Waals surface area contributed by atoms with Gasteiger partial charge in [0.2, 0.25) is 10.0 Å². The predicted octanol–water partition coefficient (Wildman–Crippen LogP) is 1.50. The normalized spacial score (nSPS) is 12.2. The summed E-state index contributed by atoms with van der Waals surface area (Å²) in [6, 6.07) is 0. The van der Waals surface area contributed by atoms with Crippen molar-refractivity contribution in [3.63, 3.8) is 0 Å². The molecular formula is C16H33IN6O2S. The first kappa shape index (κ1) is 25.1. The molecule has 0 saturated carbocycles. The molecular weight excluding hydrogens is 467 g/mol. The first-order chi connectivity index (χ1) is 11.7. The van der Waals surface area contributed by atoms with Gasteiger partial charge in [-0.2, -0.15) is 5.10 Å². The van der Waals surface area contributed by atoms with E-state index in [4.69, 9.17) is 0 Å². The number of guanidine groups is 1. The molecule has 1 rings (SSSR count). The zero-order valence-corrected chi connectivity index (χ0v) is 19.8. The molecule has 1 aromatic rings. The molecule has 0 aliphatic rings. The zero-order chi connectivity index (χ0) is 19.0. The molecule has 26 heavy (non-hydrogen) atoms. The summed E-state index contributed by atoms with van der Waals surface area (Å²) in [5.41, 5.74) is 2.25. The van der Waals surface area contributed by atoms with E-state index in [0.29, 0.717) is 25.6 Å². The van der Waals surface area contributed by atoms with Crippen molar-refractivity contribution in [2.24, 2.45) is 12.0 Å². The van der Waals surface area contributed by atoms with Crippen LogP contribution in [0.2, 0.25) is 0 Å². The summed E-state index contributed by atoms with van der Waals surface area (Å²) in [5.74, 6) is 1.18. The van der Waals surface area contributed by atoms with Crippen molar-refractivity contribution in [2.75, 3.05) is 32.4 Å². The summed E-state index contributed by atoms with van der Waals surface area (Å²) in [5, 5.41) is 7.77. The lowest BCUT2D eigenvalue weighted by molar-refractivity contribution is 0.473. The average molecular weight is 500 g/mol. The van der Waals surface area contributed by atoms with Gasteiger partial charge in [0.05, 0.1) is 18.0 Å². The van der Waals surface area contributed by atoms with Crippen LogP contribution in [0.5, 0.6) is 0 Å². The van der Waals surface area contributed by atoms with E-state index < -0.39 is 10.0 Å². The van der Waals surface area contributed by atoms with Crippen molar-refractivity contribution < 1.29 is 8.42 Å². The van der Waals surface area contributed by atoms with E-state index in [1.807, 2.05) is 36.8 Å². The Kier molecular flexibility index (Phi) is 11.4. The lowest BCUT2D eigenvalue weighted by Crippen LogP contribution is -2.39. The number of sulfonamides is 1. The lowest BCUT2D eigenvalue weighted by Gasteiger charge is -2.22. The number of hydrogen-bond donors (Lipinski definition) is 2. The Hall–Kier alpha value is -0.880. The van der Waals surface area contributed by atoms with Gasteiger partial charge < -0.3 is 10.2 Å². The number of aliphatic imine (C=N–C) groups is 1. The maximum Gasteiger partial charge on any atom is 0.211 e. The Morgan fingerprint density at radius 2 is 2.04 bits per heavy atom. The molecule has 0 saturated heterocycles. The minimum Gasteiger partial charge on any atom is -0.357 e. The van der Waals surface area contributed by atoms with Gasteiger partial charge in [-0.1, -0.05) is 13.8 Å². The van der Waals surface area contributed by atoms with Crippen LogP contribution in [0.1, 0.15) is 44.9 Å². The van der Waals surface area contributed by atoms with Crippen molar-refractivity contribution in [2.45, 2.75) is 40.2 Å². The van der Waals surface area contributed by atoms with Crippen molar-refractivity contribution in [3.8, 4) is 0 Å². The summed E-state index contributed by atoms with van der Waals surface area (Å²) < 4.78 is 27.3. The summed E-state index contributed by atoms with van der Waals surface area (Å²) in [4.78, 5) is 6.53. The molecule has 2 N–H and O–H groups in total. The first-order valence-corrected chi connectivity index (χ1v) is 10.3. The average Bonchev–Trinajstić information content (AvgIpc) is 2.91. The molecule has 0 unspecified atom stereocenters. The fraction of sp³-hybridized carbons (Fsp3) is 0.750. The smallest absolute Gasteiger partial charge is 0.211 e. The SMILES string of the molecule is CCNC(=NCCNS(=O)(=O)CC)N(C)Cc1cn(C)nc1C(C)C.I. The van der Waals surface area contributed by atoms with Gasteiger partial charge in [0, 0.05) is 45.5 Å². The second-order valence-electron chi connectivity index (χ2n) is 6.26. The Morgan fingerprint density at radius 3 is 2.58 bits per heavy atom. The number of aromatic nitrogens is 2. The third kappa shape index (κ3) is 8.21. The van der Waals surface area contributed by atoms with Gasteiger partial charge in [-0.15, -0.1) is 24.0 Å². The van der Waals surface area contributed by atoms with Gasteiger partial charge in [0.25, 0.3) is 0 Å². The second kappa shape index (κ2) is 11.8. The highest BCUT2D eigenvalue weighted by atomic mass is 127. The van der Waals surface area contributed by atoms with Crippen LogP contribution in [-0.2, 0) is 23.6 Å². The molecule has 10 heteroatoms. The Balaban J connectivity index is 0.00000625. The minimum absolute atomic E-state index is 0. The van der Waals surface area contributed by atoms with E-state index in [2.05, 4.69) is 34.0 Å². The third-order valence-corrected chi connectivity index (χ3v) is 5.07.